The van der Waals surface area contributed by atoms with Crippen LogP contribution in [0.5, 0.6) is 0 Å². The van der Waals surface area contributed by atoms with Crippen LogP contribution in [0.15, 0.2) is 0 Å². The zero-order valence-electron chi connectivity index (χ0n) is 11.3. The molecule has 2 nitrogen and oxygen atoms in total. The number of nitrogens with one attached hydrogen (secondary N) is 1. The Hall–Kier alpha value is -0.0800. The van der Waals surface area contributed by atoms with Crippen LogP contribution in [0.3, 0.4) is 0 Å². The quantitative estimate of drug-likeness (QED) is 0.537. The number of hydrogen-bond acceptors (Lipinski definition) is 2. The molecule has 0 amide bonds. The molecule has 1 aliphatic rings. The fourth-order valence-electron chi connectivity index (χ4n) is 3.22. The van der Waals surface area contributed by atoms with Crippen LogP contribution >= 0.6 is 0 Å². The van der Waals surface area contributed by atoms with E-state index in [4.69, 9.17) is 5.84 Å². The van der Waals surface area contributed by atoms with Crippen LogP contribution in [0.2, 0.25) is 0 Å². The summed E-state index contributed by atoms with van der Waals surface area (Å²) in [7, 11) is 0. The Morgan fingerprint density at radius 3 is 2.44 bits per heavy atom. The van der Waals surface area contributed by atoms with Gasteiger partial charge < -0.3 is 0 Å². The highest BCUT2D eigenvalue weighted by Gasteiger charge is 2.27. The molecule has 1 rings (SSSR count). The van der Waals surface area contributed by atoms with E-state index in [0.717, 1.165) is 17.8 Å². The zero-order valence-corrected chi connectivity index (χ0v) is 11.3. The Kier molecular flexibility index (Phi) is 6.37. The predicted molar refractivity (Wildman–Crippen MR) is 70.9 cm³/mol. The van der Waals surface area contributed by atoms with Crippen molar-refractivity contribution in [1.29, 1.82) is 0 Å². The number of hydrazine groups is 1. The molecule has 0 aliphatic heterocycles. The first-order chi connectivity index (χ1) is 7.71. The molecule has 3 N–H and O–H groups in total. The van der Waals surface area contributed by atoms with Crippen LogP contribution in [0.4, 0.5) is 0 Å². The van der Waals surface area contributed by atoms with E-state index < -0.39 is 0 Å². The zero-order chi connectivity index (χ0) is 12.0. The van der Waals surface area contributed by atoms with Crippen molar-refractivity contribution < 1.29 is 0 Å². The molecule has 3 atom stereocenters. The van der Waals surface area contributed by atoms with Gasteiger partial charge in [0, 0.05) is 6.04 Å². The van der Waals surface area contributed by atoms with Gasteiger partial charge in [-0.15, -0.1) is 0 Å². The smallest absolute Gasteiger partial charge is 0.0241 e. The molecule has 0 saturated heterocycles. The van der Waals surface area contributed by atoms with Gasteiger partial charge in [-0.2, -0.15) is 0 Å². The molecule has 1 aliphatic carbocycles. The Morgan fingerprint density at radius 1 is 1.25 bits per heavy atom. The molecule has 3 unspecified atom stereocenters. The first kappa shape index (κ1) is 14.0. The van der Waals surface area contributed by atoms with Gasteiger partial charge in [0.05, 0.1) is 0 Å². The van der Waals surface area contributed by atoms with Crippen molar-refractivity contribution in [1.82, 2.24) is 5.43 Å². The molecular weight excluding hydrogens is 196 g/mol. The summed E-state index contributed by atoms with van der Waals surface area (Å²) in [6.45, 7) is 6.98. The standard InChI is InChI=1S/C14H30N2/c1-4-12(5-2)10-14(16-15)13-8-6-7-11(3)9-13/h11-14,16H,4-10,15H2,1-3H3. The molecule has 0 radical (unpaired) electrons. The molecule has 0 spiro atoms. The maximum Gasteiger partial charge on any atom is 0.0241 e. The van der Waals surface area contributed by atoms with Crippen molar-refractivity contribution in [3.05, 3.63) is 0 Å². The van der Waals surface area contributed by atoms with Crippen LogP contribution in [0.25, 0.3) is 0 Å². The maximum atomic E-state index is 5.76. The SMILES string of the molecule is CCC(CC)CC(NN)C1CCCC(C)C1. The fraction of sp³-hybridized carbons (Fsp3) is 1.00. The molecule has 16 heavy (non-hydrogen) atoms. The minimum atomic E-state index is 0.549. The monoisotopic (exact) mass is 226 g/mol. The van der Waals surface area contributed by atoms with E-state index in [9.17, 15) is 0 Å². The van der Waals surface area contributed by atoms with E-state index in [1.165, 1.54) is 44.9 Å². The molecular formula is C14H30N2. The summed E-state index contributed by atoms with van der Waals surface area (Å²) in [5.74, 6) is 8.32. The van der Waals surface area contributed by atoms with E-state index in [0.29, 0.717) is 6.04 Å². The summed E-state index contributed by atoms with van der Waals surface area (Å²) in [5.41, 5.74) is 3.09. The molecule has 96 valence electrons. The maximum absolute atomic E-state index is 5.76. The average Bonchev–Trinajstić information content (AvgIpc) is 2.31. The second-order valence-corrected chi connectivity index (χ2v) is 5.72. The fourth-order valence-corrected chi connectivity index (χ4v) is 3.22. The van der Waals surface area contributed by atoms with Crippen molar-refractivity contribution in [2.45, 2.75) is 71.8 Å². The summed E-state index contributed by atoms with van der Waals surface area (Å²) < 4.78 is 0. The predicted octanol–water partition coefficient (Wildman–Crippen LogP) is 3.47. The van der Waals surface area contributed by atoms with E-state index in [2.05, 4.69) is 26.2 Å². The summed E-state index contributed by atoms with van der Waals surface area (Å²) in [6, 6.07) is 0.549. The van der Waals surface area contributed by atoms with E-state index >= 15 is 0 Å². The van der Waals surface area contributed by atoms with Crippen LogP contribution < -0.4 is 11.3 Å². The number of nitrogens with two attached hydrogens (primary N) is 1. The highest BCUT2D eigenvalue weighted by atomic mass is 15.2. The van der Waals surface area contributed by atoms with Crippen LogP contribution in [0.1, 0.15) is 65.7 Å². The summed E-state index contributed by atoms with van der Waals surface area (Å²) in [6.07, 6.45) is 9.40. The van der Waals surface area contributed by atoms with Crippen LogP contribution in [0, 0.1) is 17.8 Å². The Labute approximate surface area is 101 Å². The molecule has 0 bridgehead atoms. The summed E-state index contributed by atoms with van der Waals surface area (Å²) in [4.78, 5) is 0. The third-order valence-electron chi connectivity index (χ3n) is 4.50. The second-order valence-electron chi connectivity index (χ2n) is 5.72. The number of rotatable bonds is 6. The van der Waals surface area contributed by atoms with Crippen molar-refractivity contribution in [2.75, 3.05) is 0 Å². The lowest BCUT2D eigenvalue weighted by Crippen LogP contribution is -2.43. The van der Waals surface area contributed by atoms with Gasteiger partial charge in [-0.05, 0) is 37.0 Å². The Morgan fingerprint density at radius 2 is 1.94 bits per heavy atom. The van der Waals surface area contributed by atoms with Gasteiger partial charge in [-0.25, -0.2) is 0 Å². The van der Waals surface area contributed by atoms with Crippen LogP contribution in [-0.2, 0) is 0 Å². The van der Waals surface area contributed by atoms with Crippen LogP contribution in [-0.4, -0.2) is 6.04 Å². The normalized spacial score (nSPS) is 28.3. The Balaban J connectivity index is 2.45. The lowest BCUT2D eigenvalue weighted by Gasteiger charge is -2.34. The molecule has 0 aromatic heterocycles. The molecule has 1 fully saturated rings. The van der Waals surface area contributed by atoms with Gasteiger partial charge in [-0.1, -0.05) is 46.5 Å². The lowest BCUT2D eigenvalue weighted by atomic mass is 9.76. The first-order valence-corrected chi connectivity index (χ1v) is 7.17. The summed E-state index contributed by atoms with van der Waals surface area (Å²) >= 11 is 0. The first-order valence-electron chi connectivity index (χ1n) is 7.17. The van der Waals surface area contributed by atoms with Gasteiger partial charge in [0.1, 0.15) is 0 Å². The molecule has 0 aromatic rings. The largest absolute Gasteiger partial charge is 0.271 e. The van der Waals surface area contributed by atoms with Crippen molar-refractivity contribution in [3.8, 4) is 0 Å². The van der Waals surface area contributed by atoms with Crippen molar-refractivity contribution in [2.24, 2.45) is 23.6 Å². The van der Waals surface area contributed by atoms with Gasteiger partial charge in [0.2, 0.25) is 0 Å². The van der Waals surface area contributed by atoms with Crippen molar-refractivity contribution >= 4 is 0 Å². The number of hydrogen-bond donors (Lipinski definition) is 2. The van der Waals surface area contributed by atoms with Gasteiger partial charge in [0.15, 0.2) is 0 Å². The van der Waals surface area contributed by atoms with Gasteiger partial charge >= 0.3 is 0 Å². The minimum absolute atomic E-state index is 0.549. The molecule has 0 heterocycles. The van der Waals surface area contributed by atoms with E-state index in [1.807, 2.05) is 0 Å². The third kappa shape index (κ3) is 4.06. The molecule has 1 saturated carbocycles. The summed E-state index contributed by atoms with van der Waals surface area (Å²) in [5, 5.41) is 0. The average molecular weight is 226 g/mol. The van der Waals surface area contributed by atoms with Gasteiger partial charge in [-0.3, -0.25) is 11.3 Å². The molecule has 2 heteroatoms. The topological polar surface area (TPSA) is 38.0 Å². The highest BCUT2D eigenvalue weighted by molar-refractivity contribution is 4.81. The second kappa shape index (κ2) is 7.29. The minimum Gasteiger partial charge on any atom is -0.271 e. The third-order valence-corrected chi connectivity index (χ3v) is 4.50. The van der Waals surface area contributed by atoms with Gasteiger partial charge in [0.25, 0.3) is 0 Å². The Bertz CT molecular complexity index is 178. The van der Waals surface area contributed by atoms with E-state index in [1.54, 1.807) is 0 Å². The molecule has 0 aromatic carbocycles. The lowest BCUT2D eigenvalue weighted by molar-refractivity contribution is 0.196. The highest BCUT2D eigenvalue weighted by Crippen LogP contribution is 2.33. The van der Waals surface area contributed by atoms with Crippen molar-refractivity contribution in [3.63, 3.8) is 0 Å². The van der Waals surface area contributed by atoms with E-state index in [-0.39, 0.29) is 0 Å².